The van der Waals surface area contributed by atoms with Gasteiger partial charge in [0.2, 0.25) is 0 Å². The predicted molar refractivity (Wildman–Crippen MR) is 95.5 cm³/mol. The first kappa shape index (κ1) is 18.3. The molecule has 0 spiro atoms. The summed E-state index contributed by atoms with van der Waals surface area (Å²) in [6.45, 7) is 2.09. The van der Waals surface area contributed by atoms with Crippen molar-refractivity contribution in [3.8, 4) is 0 Å². The average molecular weight is 356 g/mol. The lowest BCUT2D eigenvalue weighted by molar-refractivity contribution is -0.124. The third-order valence-electron chi connectivity index (χ3n) is 4.72. The van der Waals surface area contributed by atoms with Crippen LogP contribution in [0.5, 0.6) is 0 Å². The Balaban J connectivity index is 1.51. The molecular weight excluding hydrogens is 332 g/mol. The van der Waals surface area contributed by atoms with Crippen LogP contribution in [-0.2, 0) is 17.8 Å². The Morgan fingerprint density at radius 3 is 2.88 bits per heavy atom. The highest BCUT2D eigenvalue weighted by atomic mass is 16.5. The zero-order chi connectivity index (χ0) is 18.4. The summed E-state index contributed by atoms with van der Waals surface area (Å²) in [7, 11) is 1.52. The Bertz CT molecular complexity index is 744. The van der Waals surface area contributed by atoms with Crippen molar-refractivity contribution in [2.24, 2.45) is 5.92 Å². The molecule has 1 aliphatic heterocycles. The fourth-order valence-corrected chi connectivity index (χ4v) is 3.30. The number of ketones is 1. The number of aromatic nitrogens is 2. The van der Waals surface area contributed by atoms with E-state index in [1.165, 1.54) is 12.6 Å². The molecular formula is C19H24N4O3. The van der Waals surface area contributed by atoms with Crippen LogP contribution in [0.3, 0.4) is 0 Å². The minimum Gasteiger partial charge on any atom is -0.351 e. The van der Waals surface area contributed by atoms with Gasteiger partial charge in [-0.2, -0.15) is 4.98 Å². The van der Waals surface area contributed by atoms with Gasteiger partial charge < -0.3 is 9.84 Å². The van der Waals surface area contributed by atoms with Gasteiger partial charge in [-0.1, -0.05) is 35.5 Å². The number of Topliss-reactive ketones (excluding diaryl/α,β-unsaturated/α-hetero) is 1. The van der Waals surface area contributed by atoms with Gasteiger partial charge in [-0.05, 0) is 31.4 Å². The highest BCUT2D eigenvalue weighted by Gasteiger charge is 2.26. The van der Waals surface area contributed by atoms with Crippen molar-refractivity contribution < 1.29 is 14.1 Å². The maximum atomic E-state index is 12.6. The highest BCUT2D eigenvalue weighted by Crippen LogP contribution is 2.21. The molecule has 1 saturated heterocycles. The molecule has 2 aromatic rings. The summed E-state index contributed by atoms with van der Waals surface area (Å²) >= 11 is 0. The van der Waals surface area contributed by atoms with Gasteiger partial charge in [0, 0.05) is 25.9 Å². The van der Waals surface area contributed by atoms with E-state index in [1.807, 2.05) is 18.2 Å². The first-order valence-corrected chi connectivity index (χ1v) is 8.99. The topological polar surface area (TPSA) is 88.3 Å². The molecule has 0 aliphatic carbocycles. The predicted octanol–water partition coefficient (Wildman–Crippen LogP) is 1.84. The molecule has 1 amide bonds. The molecule has 1 aromatic carbocycles. The van der Waals surface area contributed by atoms with Gasteiger partial charge in [-0.3, -0.25) is 14.5 Å². The first-order valence-electron chi connectivity index (χ1n) is 8.99. The van der Waals surface area contributed by atoms with Gasteiger partial charge in [0.25, 0.3) is 0 Å². The van der Waals surface area contributed by atoms with Crippen LogP contribution >= 0.6 is 0 Å². The number of piperidine rings is 1. The Labute approximate surface area is 152 Å². The molecule has 2 heterocycles. The normalized spacial score (nSPS) is 17.8. The van der Waals surface area contributed by atoms with E-state index in [-0.39, 0.29) is 11.8 Å². The van der Waals surface area contributed by atoms with E-state index < -0.39 is 5.91 Å². The van der Waals surface area contributed by atoms with Crippen molar-refractivity contribution in [3.05, 3.63) is 47.6 Å². The lowest BCUT2D eigenvalue weighted by Gasteiger charge is -2.31. The van der Waals surface area contributed by atoms with Gasteiger partial charge in [0.1, 0.15) is 5.78 Å². The number of likely N-dealkylation sites (tertiary alicyclic amines) is 1. The van der Waals surface area contributed by atoms with Crippen LogP contribution in [0.1, 0.15) is 41.3 Å². The zero-order valence-corrected chi connectivity index (χ0v) is 15.0. The van der Waals surface area contributed by atoms with E-state index in [0.29, 0.717) is 31.1 Å². The van der Waals surface area contributed by atoms with Crippen molar-refractivity contribution in [3.63, 3.8) is 0 Å². The van der Waals surface area contributed by atoms with Crippen molar-refractivity contribution in [1.82, 2.24) is 20.4 Å². The molecule has 1 aliphatic rings. The Hall–Kier alpha value is -2.54. The second kappa shape index (κ2) is 8.71. The van der Waals surface area contributed by atoms with Gasteiger partial charge in [-0.15, -0.1) is 0 Å². The number of hydrogen-bond acceptors (Lipinski definition) is 6. The van der Waals surface area contributed by atoms with Crippen molar-refractivity contribution in [1.29, 1.82) is 0 Å². The first-order chi connectivity index (χ1) is 12.7. The molecule has 3 rings (SSSR count). The van der Waals surface area contributed by atoms with E-state index in [9.17, 15) is 9.59 Å². The second-order valence-corrected chi connectivity index (χ2v) is 6.62. The van der Waals surface area contributed by atoms with E-state index >= 15 is 0 Å². The van der Waals surface area contributed by atoms with E-state index in [4.69, 9.17) is 4.52 Å². The van der Waals surface area contributed by atoms with E-state index in [2.05, 4.69) is 32.5 Å². The molecule has 0 bridgehead atoms. The Kier molecular flexibility index (Phi) is 6.12. The fourth-order valence-electron chi connectivity index (χ4n) is 3.30. The molecule has 26 heavy (non-hydrogen) atoms. The van der Waals surface area contributed by atoms with Crippen molar-refractivity contribution in [2.75, 3.05) is 20.1 Å². The number of carbonyl (C=O) groups is 2. The lowest BCUT2D eigenvalue weighted by atomic mass is 9.90. The minimum atomic E-state index is -0.392. The Morgan fingerprint density at radius 2 is 2.12 bits per heavy atom. The maximum Gasteiger partial charge on any atom is 0.315 e. The molecule has 1 unspecified atom stereocenters. The summed E-state index contributed by atoms with van der Waals surface area (Å²) in [6.07, 6.45) is 3.27. The summed E-state index contributed by atoms with van der Waals surface area (Å²) in [4.78, 5) is 30.3. The number of nitrogens with one attached hydrogen (secondary N) is 1. The molecule has 1 fully saturated rings. The summed E-state index contributed by atoms with van der Waals surface area (Å²) in [5.74, 6) is 0.419. The van der Waals surface area contributed by atoms with Crippen LogP contribution in [0.4, 0.5) is 0 Å². The number of nitrogens with zero attached hydrogens (tertiary/aromatic N) is 3. The molecule has 1 atom stereocenters. The van der Waals surface area contributed by atoms with Gasteiger partial charge in [0.15, 0.2) is 5.82 Å². The molecule has 0 saturated carbocycles. The van der Waals surface area contributed by atoms with Gasteiger partial charge in [-0.25, -0.2) is 0 Å². The Morgan fingerprint density at radius 1 is 1.31 bits per heavy atom. The van der Waals surface area contributed by atoms with Crippen molar-refractivity contribution >= 4 is 11.7 Å². The van der Waals surface area contributed by atoms with Crippen LogP contribution in [0.15, 0.2) is 34.9 Å². The second-order valence-electron chi connectivity index (χ2n) is 6.62. The van der Waals surface area contributed by atoms with Crippen LogP contribution in [0.25, 0.3) is 0 Å². The van der Waals surface area contributed by atoms with E-state index in [1.54, 1.807) is 0 Å². The number of carbonyl (C=O) groups excluding carboxylic acids is 2. The van der Waals surface area contributed by atoms with Crippen LogP contribution in [0.2, 0.25) is 0 Å². The average Bonchev–Trinajstić information content (AvgIpc) is 3.15. The summed E-state index contributed by atoms with van der Waals surface area (Å²) in [6, 6.07) is 10.1. The van der Waals surface area contributed by atoms with E-state index in [0.717, 1.165) is 25.8 Å². The molecule has 0 radical (unpaired) electrons. The molecule has 138 valence electrons. The fraction of sp³-hybridized carbons (Fsp3) is 0.474. The number of hydrogen-bond donors (Lipinski definition) is 1. The lowest BCUT2D eigenvalue weighted by Crippen LogP contribution is -2.38. The number of amides is 1. The standard InChI is InChI=1S/C19H24N4O3/c1-20-18(25)19-21-17(22-26-19)13-23-11-5-8-15(12-23)16(24)10-9-14-6-3-2-4-7-14/h2-4,6-7,15H,5,8-13H2,1H3,(H,20,25). The van der Waals surface area contributed by atoms with Gasteiger partial charge in [0.05, 0.1) is 6.54 Å². The molecule has 7 nitrogen and oxygen atoms in total. The molecule has 1 aromatic heterocycles. The summed E-state index contributed by atoms with van der Waals surface area (Å²) < 4.78 is 4.95. The van der Waals surface area contributed by atoms with Crippen LogP contribution < -0.4 is 5.32 Å². The zero-order valence-electron chi connectivity index (χ0n) is 15.0. The third-order valence-corrected chi connectivity index (χ3v) is 4.72. The number of benzene rings is 1. The summed E-state index contributed by atoms with van der Waals surface area (Å²) in [5.41, 5.74) is 1.20. The third kappa shape index (κ3) is 4.76. The summed E-state index contributed by atoms with van der Waals surface area (Å²) in [5, 5.41) is 6.31. The smallest absolute Gasteiger partial charge is 0.315 e. The van der Waals surface area contributed by atoms with Crippen LogP contribution in [0, 0.1) is 5.92 Å². The van der Waals surface area contributed by atoms with Crippen LogP contribution in [-0.4, -0.2) is 46.9 Å². The highest BCUT2D eigenvalue weighted by molar-refractivity contribution is 5.89. The molecule has 1 N–H and O–H groups in total. The monoisotopic (exact) mass is 356 g/mol. The SMILES string of the molecule is CNC(=O)c1nc(CN2CCCC(C(=O)CCc3ccccc3)C2)no1. The molecule has 7 heteroatoms. The minimum absolute atomic E-state index is 0.0324. The van der Waals surface area contributed by atoms with Crippen molar-refractivity contribution in [2.45, 2.75) is 32.2 Å². The van der Waals surface area contributed by atoms with Gasteiger partial charge >= 0.3 is 11.8 Å². The number of aryl methyl sites for hydroxylation is 1. The number of rotatable bonds is 7. The largest absolute Gasteiger partial charge is 0.351 e. The quantitative estimate of drug-likeness (QED) is 0.814. The maximum absolute atomic E-state index is 12.6.